The largest absolute Gasteiger partial charge is 0.416 e. The van der Waals surface area contributed by atoms with E-state index in [4.69, 9.17) is 0 Å². The summed E-state index contributed by atoms with van der Waals surface area (Å²) in [5.74, 6) is -0.776. The second kappa shape index (κ2) is 6.94. The molecule has 1 heterocycles. The fourth-order valence-electron chi connectivity index (χ4n) is 4.26. The molecular formula is C24H12F3N3S. The molecule has 0 bridgehead atoms. The maximum atomic E-state index is 13.4. The van der Waals surface area contributed by atoms with E-state index in [1.807, 2.05) is 24.3 Å². The van der Waals surface area contributed by atoms with Crippen molar-refractivity contribution < 1.29 is 13.2 Å². The Morgan fingerprint density at radius 2 is 1.87 bits per heavy atom. The van der Waals surface area contributed by atoms with Crippen molar-refractivity contribution in [2.45, 2.75) is 12.1 Å². The molecule has 2 atom stereocenters. The van der Waals surface area contributed by atoms with Crippen LogP contribution in [0.2, 0.25) is 0 Å². The summed E-state index contributed by atoms with van der Waals surface area (Å²) >= 11 is 1.38. The van der Waals surface area contributed by atoms with Gasteiger partial charge in [-0.2, -0.15) is 23.7 Å². The van der Waals surface area contributed by atoms with E-state index < -0.39 is 17.7 Å². The average Bonchev–Trinajstić information content (AvgIpc) is 3.33. The van der Waals surface area contributed by atoms with Crippen molar-refractivity contribution in [2.75, 3.05) is 0 Å². The van der Waals surface area contributed by atoms with E-state index in [2.05, 4.69) is 17.1 Å². The van der Waals surface area contributed by atoms with Crippen LogP contribution in [-0.2, 0) is 6.18 Å². The van der Waals surface area contributed by atoms with Gasteiger partial charge in [0.25, 0.3) is 0 Å². The number of rotatable bonds is 1. The monoisotopic (exact) mass is 431 g/mol. The molecule has 2 aliphatic rings. The van der Waals surface area contributed by atoms with Crippen LogP contribution in [0, 0.1) is 28.6 Å². The number of allylic oxidation sites excluding steroid dienone is 6. The van der Waals surface area contributed by atoms with Crippen LogP contribution >= 0.6 is 11.3 Å². The number of alkyl halides is 3. The van der Waals surface area contributed by atoms with Crippen LogP contribution < -0.4 is 0 Å². The van der Waals surface area contributed by atoms with Crippen LogP contribution in [0.4, 0.5) is 13.2 Å². The molecule has 150 valence electrons. The number of aromatic nitrogens is 1. The average molecular weight is 431 g/mol. The first-order valence-corrected chi connectivity index (χ1v) is 10.2. The first-order chi connectivity index (χ1) is 14.9. The normalized spacial score (nSPS) is 21.1. The third-order valence-corrected chi connectivity index (χ3v) is 6.66. The van der Waals surface area contributed by atoms with E-state index in [0.29, 0.717) is 32.9 Å². The van der Waals surface area contributed by atoms with Crippen molar-refractivity contribution in [3.05, 3.63) is 88.0 Å². The number of hydrogen-bond acceptors (Lipinski definition) is 4. The molecule has 0 amide bonds. The molecule has 2 aliphatic carbocycles. The molecule has 0 N–H and O–H groups in total. The standard InChI is InChI=1S/C24H12F3N3S/c25-24(26,27)14-6-8-16-18(10-14)17-9-13(11-28)5-7-15(17)22(16)19(12-29)23-30-20-3-1-2-4-21(20)31-23/h1-10,15,17H/b22-19-. The molecule has 31 heavy (non-hydrogen) atoms. The molecule has 2 unspecified atom stereocenters. The highest BCUT2D eigenvalue weighted by atomic mass is 32.1. The minimum atomic E-state index is -4.48. The smallest absolute Gasteiger partial charge is 0.235 e. The molecule has 0 fully saturated rings. The van der Waals surface area contributed by atoms with Crippen molar-refractivity contribution in [3.8, 4) is 12.1 Å². The Bertz CT molecular complexity index is 1380. The lowest BCUT2D eigenvalue weighted by molar-refractivity contribution is -0.137. The Kier molecular flexibility index (Phi) is 4.32. The van der Waals surface area contributed by atoms with Gasteiger partial charge < -0.3 is 0 Å². The summed E-state index contributed by atoms with van der Waals surface area (Å²) in [7, 11) is 0. The number of thiazole rings is 1. The van der Waals surface area contributed by atoms with Crippen LogP contribution in [0.3, 0.4) is 0 Å². The highest BCUT2D eigenvalue weighted by molar-refractivity contribution is 7.19. The van der Waals surface area contributed by atoms with Gasteiger partial charge in [-0.25, -0.2) is 4.98 Å². The van der Waals surface area contributed by atoms with E-state index in [0.717, 1.165) is 22.3 Å². The number of fused-ring (bicyclic) bond motifs is 4. The van der Waals surface area contributed by atoms with Crippen LogP contribution in [0.5, 0.6) is 0 Å². The minimum absolute atomic E-state index is 0.336. The maximum Gasteiger partial charge on any atom is 0.416 e. The van der Waals surface area contributed by atoms with E-state index in [1.165, 1.54) is 17.4 Å². The Morgan fingerprint density at radius 1 is 1.06 bits per heavy atom. The van der Waals surface area contributed by atoms with Crippen molar-refractivity contribution in [1.82, 2.24) is 4.98 Å². The van der Waals surface area contributed by atoms with Gasteiger partial charge >= 0.3 is 6.18 Å². The first kappa shape index (κ1) is 19.3. The summed E-state index contributed by atoms with van der Waals surface area (Å²) in [6.07, 6.45) is 0.667. The van der Waals surface area contributed by atoms with Gasteiger partial charge in [0, 0.05) is 17.4 Å². The molecule has 2 aromatic carbocycles. The Labute approximate surface area is 179 Å². The zero-order chi connectivity index (χ0) is 21.8. The molecule has 0 aliphatic heterocycles. The molecule has 0 saturated carbocycles. The summed E-state index contributed by atoms with van der Waals surface area (Å²) in [6.45, 7) is 0. The number of nitrogens with zero attached hydrogens (tertiary/aromatic N) is 3. The second-order valence-corrected chi connectivity index (χ2v) is 8.36. The summed E-state index contributed by atoms with van der Waals surface area (Å²) in [4.78, 5) is 4.59. The maximum absolute atomic E-state index is 13.4. The highest BCUT2D eigenvalue weighted by Crippen LogP contribution is 2.53. The van der Waals surface area contributed by atoms with Crippen LogP contribution in [0.1, 0.15) is 27.6 Å². The van der Waals surface area contributed by atoms with Gasteiger partial charge in [0.15, 0.2) is 0 Å². The lowest BCUT2D eigenvalue weighted by Crippen LogP contribution is -2.09. The third kappa shape index (κ3) is 3.06. The van der Waals surface area contributed by atoms with E-state index in [9.17, 15) is 23.7 Å². The SMILES string of the molecule is N#CC1=CC2c3cc(C(F)(F)F)ccc3/C(=C(/C#N)c3nc4ccccc4s3)C2C=C1. The molecule has 3 nitrogen and oxygen atoms in total. The fourth-order valence-corrected chi connectivity index (χ4v) is 5.23. The number of para-hydroxylation sites is 1. The van der Waals surface area contributed by atoms with Crippen molar-refractivity contribution in [3.63, 3.8) is 0 Å². The van der Waals surface area contributed by atoms with Gasteiger partial charge in [-0.15, -0.1) is 11.3 Å². The molecule has 0 spiro atoms. The molecule has 7 heteroatoms. The molecule has 3 aromatic rings. The topological polar surface area (TPSA) is 60.5 Å². The van der Waals surface area contributed by atoms with Gasteiger partial charge in [0.1, 0.15) is 11.1 Å². The summed E-state index contributed by atoms with van der Waals surface area (Å²) in [5.41, 5.74) is 2.49. The summed E-state index contributed by atoms with van der Waals surface area (Å²) in [5, 5.41) is 19.9. The van der Waals surface area contributed by atoms with Crippen LogP contribution in [0.15, 0.2) is 66.3 Å². The lowest BCUT2D eigenvalue weighted by Gasteiger charge is -2.19. The summed E-state index contributed by atoms with van der Waals surface area (Å²) in [6, 6.07) is 15.5. The van der Waals surface area contributed by atoms with Gasteiger partial charge in [-0.3, -0.25) is 0 Å². The van der Waals surface area contributed by atoms with Crippen molar-refractivity contribution >= 4 is 32.7 Å². The number of halogens is 3. The predicted molar refractivity (Wildman–Crippen MR) is 113 cm³/mol. The van der Waals surface area contributed by atoms with Crippen molar-refractivity contribution in [2.24, 2.45) is 5.92 Å². The third-order valence-electron chi connectivity index (χ3n) is 5.61. The molecule has 5 rings (SSSR count). The van der Waals surface area contributed by atoms with Gasteiger partial charge in [0.05, 0.1) is 27.4 Å². The van der Waals surface area contributed by atoms with E-state index in [1.54, 1.807) is 18.2 Å². The number of hydrogen-bond donors (Lipinski definition) is 0. The zero-order valence-electron chi connectivity index (χ0n) is 15.8. The summed E-state index contributed by atoms with van der Waals surface area (Å²) < 4.78 is 41.1. The zero-order valence-corrected chi connectivity index (χ0v) is 16.6. The lowest BCUT2D eigenvalue weighted by atomic mass is 9.83. The molecule has 0 radical (unpaired) electrons. The van der Waals surface area contributed by atoms with Gasteiger partial charge in [0.2, 0.25) is 0 Å². The molecule has 0 saturated heterocycles. The van der Waals surface area contributed by atoms with E-state index >= 15 is 0 Å². The van der Waals surface area contributed by atoms with Crippen molar-refractivity contribution in [1.29, 1.82) is 10.5 Å². The first-order valence-electron chi connectivity index (χ1n) is 9.42. The van der Waals surface area contributed by atoms with Gasteiger partial charge in [-0.05, 0) is 47.0 Å². The quantitative estimate of drug-likeness (QED) is 0.414. The number of nitriles is 2. The Balaban J connectivity index is 1.78. The predicted octanol–water partition coefficient (Wildman–Crippen LogP) is 6.48. The fraction of sp³-hybridized carbons (Fsp3) is 0.125. The van der Waals surface area contributed by atoms with Gasteiger partial charge in [-0.1, -0.05) is 30.4 Å². The second-order valence-electron chi connectivity index (χ2n) is 7.33. The van der Waals surface area contributed by atoms with Crippen LogP contribution in [0.25, 0.3) is 21.4 Å². The Morgan fingerprint density at radius 3 is 2.58 bits per heavy atom. The van der Waals surface area contributed by atoms with Crippen LogP contribution in [-0.4, -0.2) is 4.98 Å². The van der Waals surface area contributed by atoms with E-state index in [-0.39, 0.29) is 5.92 Å². The Hall–Kier alpha value is -3.68. The number of benzene rings is 2. The minimum Gasteiger partial charge on any atom is -0.235 e. The highest BCUT2D eigenvalue weighted by Gasteiger charge is 2.40. The molecular weight excluding hydrogens is 419 g/mol. The molecule has 1 aromatic heterocycles.